The van der Waals surface area contributed by atoms with Crippen molar-refractivity contribution in [3.05, 3.63) is 0 Å². The Labute approximate surface area is 103 Å². The van der Waals surface area contributed by atoms with E-state index < -0.39 is 6.03 Å². The van der Waals surface area contributed by atoms with Gasteiger partial charge in [-0.15, -0.1) is 0 Å². The number of likely N-dealkylation sites (tertiary alicyclic amines) is 1. The minimum atomic E-state index is -0.423. The number of rotatable bonds is 2. The second kappa shape index (κ2) is 5.49. The van der Waals surface area contributed by atoms with E-state index in [1.54, 1.807) is 0 Å². The van der Waals surface area contributed by atoms with E-state index in [1.807, 2.05) is 27.7 Å². The van der Waals surface area contributed by atoms with Crippen LogP contribution >= 0.6 is 0 Å². The van der Waals surface area contributed by atoms with Gasteiger partial charge in [0, 0.05) is 5.54 Å². The fraction of sp³-hybridized carbons (Fsp3) is 0.833. The van der Waals surface area contributed by atoms with Crippen molar-refractivity contribution in [3.63, 3.8) is 0 Å². The zero-order valence-electron chi connectivity index (χ0n) is 11.2. The Morgan fingerprint density at radius 2 is 1.71 bits per heavy atom. The molecule has 0 radical (unpaired) electrons. The molecule has 0 aliphatic carbocycles. The van der Waals surface area contributed by atoms with Gasteiger partial charge in [-0.1, -0.05) is 0 Å². The molecule has 5 heteroatoms. The fourth-order valence-corrected chi connectivity index (χ4v) is 1.88. The standard InChI is InChI=1S/C12H23N3O2/c1-9(15-7-5-6-8-15)10(16)13-11(17)14-12(2,3)4/h9H,5-8H2,1-4H3,(H2,13,14,16,17)/t9-/m0/s1. The highest BCUT2D eigenvalue weighted by molar-refractivity contribution is 5.97. The Balaban J connectivity index is 2.40. The number of imide groups is 1. The van der Waals surface area contributed by atoms with Gasteiger partial charge in [-0.25, -0.2) is 4.79 Å². The van der Waals surface area contributed by atoms with Crippen LogP contribution in [0.15, 0.2) is 0 Å². The van der Waals surface area contributed by atoms with E-state index >= 15 is 0 Å². The average Bonchev–Trinajstić information content (AvgIpc) is 2.65. The van der Waals surface area contributed by atoms with Gasteiger partial charge in [0.1, 0.15) is 0 Å². The number of amides is 3. The second-order valence-corrected chi connectivity index (χ2v) is 5.61. The van der Waals surface area contributed by atoms with E-state index in [4.69, 9.17) is 0 Å². The molecule has 1 atom stereocenters. The van der Waals surface area contributed by atoms with Crippen molar-refractivity contribution in [1.82, 2.24) is 15.5 Å². The zero-order valence-corrected chi connectivity index (χ0v) is 11.2. The molecule has 2 N–H and O–H groups in total. The van der Waals surface area contributed by atoms with E-state index in [0.717, 1.165) is 25.9 Å². The molecule has 1 aliphatic rings. The summed E-state index contributed by atoms with van der Waals surface area (Å²) >= 11 is 0. The number of nitrogens with zero attached hydrogens (tertiary/aromatic N) is 1. The molecular formula is C12H23N3O2. The molecule has 98 valence electrons. The molecule has 0 aromatic rings. The molecule has 1 heterocycles. The molecule has 3 amide bonds. The fourth-order valence-electron chi connectivity index (χ4n) is 1.88. The number of carbonyl (C=O) groups excluding carboxylic acids is 2. The van der Waals surface area contributed by atoms with Crippen LogP contribution in [0, 0.1) is 0 Å². The highest BCUT2D eigenvalue weighted by atomic mass is 16.2. The van der Waals surface area contributed by atoms with Gasteiger partial charge in [0.15, 0.2) is 0 Å². The van der Waals surface area contributed by atoms with Crippen molar-refractivity contribution in [2.45, 2.75) is 52.1 Å². The number of hydrogen-bond acceptors (Lipinski definition) is 3. The highest BCUT2D eigenvalue weighted by Gasteiger charge is 2.25. The third-order valence-corrected chi connectivity index (χ3v) is 2.79. The van der Waals surface area contributed by atoms with Crippen molar-refractivity contribution < 1.29 is 9.59 Å². The minimum Gasteiger partial charge on any atom is -0.333 e. The first kappa shape index (κ1) is 14.0. The third-order valence-electron chi connectivity index (χ3n) is 2.79. The molecule has 1 saturated heterocycles. The SMILES string of the molecule is C[C@@H](C(=O)NC(=O)NC(C)(C)C)N1CCCC1. The van der Waals surface area contributed by atoms with Gasteiger partial charge in [0.2, 0.25) is 5.91 Å². The predicted molar refractivity (Wildman–Crippen MR) is 66.7 cm³/mol. The van der Waals surface area contributed by atoms with Crippen LogP contribution in [0.4, 0.5) is 4.79 Å². The largest absolute Gasteiger partial charge is 0.333 e. The summed E-state index contributed by atoms with van der Waals surface area (Å²) in [6.07, 6.45) is 2.26. The van der Waals surface area contributed by atoms with Crippen molar-refractivity contribution in [3.8, 4) is 0 Å². The molecule has 5 nitrogen and oxygen atoms in total. The van der Waals surface area contributed by atoms with Gasteiger partial charge in [-0.3, -0.25) is 15.0 Å². The minimum absolute atomic E-state index is 0.228. The lowest BCUT2D eigenvalue weighted by Gasteiger charge is -2.24. The summed E-state index contributed by atoms with van der Waals surface area (Å²) in [6, 6.07) is -0.656. The Kier molecular flexibility index (Phi) is 4.51. The maximum atomic E-state index is 11.8. The van der Waals surface area contributed by atoms with Crippen LogP contribution in [-0.4, -0.2) is 41.5 Å². The van der Waals surface area contributed by atoms with Gasteiger partial charge in [-0.05, 0) is 53.6 Å². The molecule has 0 spiro atoms. The van der Waals surface area contributed by atoms with Crippen LogP contribution in [-0.2, 0) is 4.79 Å². The maximum absolute atomic E-state index is 11.8. The van der Waals surface area contributed by atoms with E-state index in [2.05, 4.69) is 15.5 Å². The third kappa shape index (κ3) is 4.73. The molecule has 0 aromatic carbocycles. The molecule has 0 unspecified atom stereocenters. The monoisotopic (exact) mass is 241 g/mol. The van der Waals surface area contributed by atoms with Crippen LogP contribution in [0.3, 0.4) is 0 Å². The first-order chi connectivity index (χ1) is 7.79. The van der Waals surface area contributed by atoms with Gasteiger partial charge in [0.25, 0.3) is 0 Å². The maximum Gasteiger partial charge on any atom is 0.321 e. The molecule has 0 aromatic heterocycles. The summed E-state index contributed by atoms with van der Waals surface area (Å²) in [6.45, 7) is 9.35. The number of urea groups is 1. The summed E-state index contributed by atoms with van der Waals surface area (Å²) in [4.78, 5) is 25.4. The lowest BCUT2D eigenvalue weighted by molar-refractivity contribution is -0.124. The normalized spacial score (nSPS) is 18.8. The molecule has 0 saturated carbocycles. The quantitative estimate of drug-likeness (QED) is 0.761. The first-order valence-corrected chi connectivity index (χ1v) is 6.16. The van der Waals surface area contributed by atoms with Gasteiger partial charge in [-0.2, -0.15) is 0 Å². The van der Waals surface area contributed by atoms with E-state index in [0.29, 0.717) is 0 Å². The lowest BCUT2D eigenvalue weighted by Crippen LogP contribution is -2.52. The van der Waals surface area contributed by atoms with Crippen LogP contribution < -0.4 is 10.6 Å². The number of carbonyl (C=O) groups is 2. The van der Waals surface area contributed by atoms with Crippen LogP contribution in [0.1, 0.15) is 40.5 Å². The van der Waals surface area contributed by atoms with E-state index in [9.17, 15) is 9.59 Å². The van der Waals surface area contributed by atoms with E-state index in [1.165, 1.54) is 0 Å². The summed E-state index contributed by atoms with van der Waals surface area (Å²) < 4.78 is 0. The van der Waals surface area contributed by atoms with Gasteiger partial charge < -0.3 is 5.32 Å². The van der Waals surface area contributed by atoms with E-state index in [-0.39, 0.29) is 17.5 Å². The van der Waals surface area contributed by atoms with Crippen molar-refractivity contribution in [2.75, 3.05) is 13.1 Å². The Morgan fingerprint density at radius 3 is 2.18 bits per heavy atom. The van der Waals surface area contributed by atoms with Crippen molar-refractivity contribution in [1.29, 1.82) is 0 Å². The van der Waals surface area contributed by atoms with Crippen molar-refractivity contribution in [2.24, 2.45) is 0 Å². The Hall–Kier alpha value is -1.10. The summed E-state index contributed by atoms with van der Waals surface area (Å²) in [5.74, 6) is -0.228. The summed E-state index contributed by atoms with van der Waals surface area (Å²) in [5, 5.41) is 5.09. The summed E-state index contributed by atoms with van der Waals surface area (Å²) in [5.41, 5.74) is -0.332. The molecule has 1 fully saturated rings. The van der Waals surface area contributed by atoms with Crippen LogP contribution in [0.25, 0.3) is 0 Å². The molecule has 17 heavy (non-hydrogen) atoms. The Morgan fingerprint density at radius 1 is 1.18 bits per heavy atom. The smallest absolute Gasteiger partial charge is 0.321 e. The predicted octanol–water partition coefficient (Wildman–Crippen LogP) is 1.09. The lowest BCUT2D eigenvalue weighted by atomic mass is 10.1. The average molecular weight is 241 g/mol. The Bertz CT molecular complexity index is 291. The molecule has 1 rings (SSSR count). The zero-order chi connectivity index (χ0) is 13.1. The van der Waals surface area contributed by atoms with Crippen LogP contribution in [0.2, 0.25) is 0 Å². The topological polar surface area (TPSA) is 61.4 Å². The van der Waals surface area contributed by atoms with Gasteiger partial charge >= 0.3 is 6.03 Å². The second-order valence-electron chi connectivity index (χ2n) is 5.61. The van der Waals surface area contributed by atoms with Crippen LogP contribution in [0.5, 0.6) is 0 Å². The molecule has 1 aliphatic heterocycles. The number of hydrogen-bond donors (Lipinski definition) is 2. The molecule has 0 bridgehead atoms. The molecular weight excluding hydrogens is 218 g/mol. The highest BCUT2D eigenvalue weighted by Crippen LogP contribution is 2.11. The number of nitrogens with one attached hydrogen (secondary N) is 2. The first-order valence-electron chi connectivity index (χ1n) is 6.16. The van der Waals surface area contributed by atoms with Crippen molar-refractivity contribution >= 4 is 11.9 Å². The van der Waals surface area contributed by atoms with Gasteiger partial charge in [0.05, 0.1) is 6.04 Å². The summed E-state index contributed by atoms with van der Waals surface area (Å²) in [7, 11) is 0.